The van der Waals surface area contributed by atoms with Crippen LogP contribution < -0.4 is 14.4 Å². The predicted molar refractivity (Wildman–Crippen MR) is 127 cm³/mol. The molecule has 3 aromatic rings. The number of methoxy groups -OCH3 is 1. The van der Waals surface area contributed by atoms with E-state index < -0.39 is 10.0 Å². The smallest absolute Gasteiger partial charge is 0.264 e. The molecule has 7 heteroatoms. The van der Waals surface area contributed by atoms with E-state index in [1.807, 2.05) is 38.1 Å². The zero-order valence-corrected chi connectivity index (χ0v) is 19.5. The van der Waals surface area contributed by atoms with Crippen molar-refractivity contribution in [1.82, 2.24) is 5.32 Å². The first kappa shape index (κ1) is 23.3. The van der Waals surface area contributed by atoms with E-state index in [9.17, 15) is 13.2 Å². The first-order valence-corrected chi connectivity index (χ1v) is 11.8. The molecule has 0 unspecified atom stereocenters. The Kier molecular flexibility index (Phi) is 7.20. The van der Waals surface area contributed by atoms with Crippen LogP contribution in [0.4, 0.5) is 5.69 Å². The Labute approximate surface area is 189 Å². The van der Waals surface area contributed by atoms with Gasteiger partial charge in [-0.2, -0.15) is 0 Å². The highest BCUT2D eigenvalue weighted by molar-refractivity contribution is 7.92. The molecule has 0 saturated carbocycles. The number of aryl methyl sites for hydroxylation is 1. The van der Waals surface area contributed by atoms with Crippen LogP contribution in [0.1, 0.15) is 40.9 Å². The van der Waals surface area contributed by atoms with Crippen molar-refractivity contribution in [3.8, 4) is 5.75 Å². The minimum absolute atomic E-state index is 0.0964. The number of hydrogen-bond acceptors (Lipinski definition) is 4. The SMILES string of the molecule is CC[C@H](NC(=O)c1ccc(N(C)S(=O)(=O)c2ccc(OC)cc2)cc1)c1ccc(C)cc1. The second-order valence-electron chi connectivity index (χ2n) is 7.54. The van der Waals surface area contributed by atoms with E-state index in [-0.39, 0.29) is 16.8 Å². The number of sulfonamides is 1. The second-order valence-corrected chi connectivity index (χ2v) is 9.51. The van der Waals surface area contributed by atoms with Crippen LogP contribution in [0.15, 0.2) is 77.7 Å². The number of amides is 1. The van der Waals surface area contributed by atoms with Gasteiger partial charge in [0.2, 0.25) is 0 Å². The average molecular weight is 453 g/mol. The Bertz CT molecular complexity index is 1160. The fourth-order valence-corrected chi connectivity index (χ4v) is 4.52. The molecule has 0 aliphatic rings. The fourth-order valence-electron chi connectivity index (χ4n) is 3.33. The van der Waals surface area contributed by atoms with Crippen LogP contribution in [0.5, 0.6) is 5.75 Å². The summed E-state index contributed by atoms with van der Waals surface area (Å²) < 4.78 is 32.1. The maximum absolute atomic E-state index is 12.9. The molecular formula is C25H28N2O4S. The van der Waals surface area contributed by atoms with E-state index in [0.717, 1.165) is 12.0 Å². The van der Waals surface area contributed by atoms with Crippen LogP contribution in [0, 0.1) is 6.92 Å². The van der Waals surface area contributed by atoms with Crippen molar-refractivity contribution in [2.24, 2.45) is 0 Å². The van der Waals surface area contributed by atoms with Gasteiger partial charge in [-0.1, -0.05) is 36.8 Å². The summed E-state index contributed by atoms with van der Waals surface area (Å²) >= 11 is 0. The van der Waals surface area contributed by atoms with E-state index in [1.165, 1.54) is 36.2 Å². The molecule has 0 bridgehead atoms. The number of carbonyl (C=O) groups is 1. The molecule has 0 aromatic heterocycles. The van der Waals surface area contributed by atoms with E-state index in [1.54, 1.807) is 36.4 Å². The quantitative estimate of drug-likeness (QED) is 0.537. The lowest BCUT2D eigenvalue weighted by Gasteiger charge is -2.20. The van der Waals surface area contributed by atoms with Gasteiger partial charge in [-0.25, -0.2) is 8.42 Å². The Morgan fingerprint density at radius 2 is 1.56 bits per heavy atom. The highest BCUT2D eigenvalue weighted by atomic mass is 32.2. The van der Waals surface area contributed by atoms with Crippen LogP contribution in [-0.4, -0.2) is 28.5 Å². The molecule has 0 aliphatic heterocycles. The van der Waals surface area contributed by atoms with E-state index in [0.29, 0.717) is 17.0 Å². The molecule has 6 nitrogen and oxygen atoms in total. The standard InChI is InChI=1S/C25H28N2O4S/c1-5-24(19-8-6-18(2)7-9-19)26-25(28)20-10-12-21(13-11-20)27(3)32(29,30)23-16-14-22(31-4)15-17-23/h6-17,24H,5H2,1-4H3,(H,26,28)/t24-/m0/s1. The van der Waals surface area contributed by atoms with Crippen LogP contribution in [0.3, 0.4) is 0 Å². The highest BCUT2D eigenvalue weighted by Gasteiger charge is 2.22. The van der Waals surface area contributed by atoms with E-state index in [2.05, 4.69) is 5.32 Å². The van der Waals surface area contributed by atoms with E-state index in [4.69, 9.17) is 4.74 Å². The Hall–Kier alpha value is -3.32. The number of nitrogens with one attached hydrogen (secondary N) is 1. The molecule has 0 aliphatic carbocycles. The fraction of sp³-hybridized carbons (Fsp3) is 0.240. The van der Waals surface area contributed by atoms with Crippen molar-refractivity contribution in [2.75, 3.05) is 18.5 Å². The molecule has 0 heterocycles. The number of rotatable bonds is 8. The third kappa shape index (κ3) is 5.11. The largest absolute Gasteiger partial charge is 0.497 e. The lowest BCUT2D eigenvalue weighted by Crippen LogP contribution is -2.28. The zero-order valence-electron chi connectivity index (χ0n) is 18.7. The highest BCUT2D eigenvalue weighted by Crippen LogP contribution is 2.24. The third-order valence-corrected chi connectivity index (χ3v) is 7.20. The van der Waals surface area contributed by atoms with Crippen molar-refractivity contribution >= 4 is 21.6 Å². The number of carbonyl (C=O) groups excluding carboxylic acids is 1. The molecular weight excluding hydrogens is 424 g/mol. The summed E-state index contributed by atoms with van der Waals surface area (Å²) in [5.41, 5.74) is 3.14. The average Bonchev–Trinajstić information content (AvgIpc) is 2.82. The van der Waals surface area contributed by atoms with Gasteiger partial charge >= 0.3 is 0 Å². The summed E-state index contributed by atoms with van der Waals surface area (Å²) in [5.74, 6) is 0.377. The summed E-state index contributed by atoms with van der Waals surface area (Å²) in [5, 5.41) is 3.05. The van der Waals surface area contributed by atoms with Gasteiger partial charge in [0.15, 0.2) is 0 Å². The van der Waals surface area contributed by atoms with Gasteiger partial charge in [-0.3, -0.25) is 9.10 Å². The van der Waals surface area contributed by atoms with Crippen LogP contribution >= 0.6 is 0 Å². The van der Waals surface area contributed by atoms with Gasteiger partial charge in [0, 0.05) is 12.6 Å². The van der Waals surface area contributed by atoms with E-state index >= 15 is 0 Å². The van der Waals surface area contributed by atoms with Crippen LogP contribution in [0.25, 0.3) is 0 Å². The topological polar surface area (TPSA) is 75.7 Å². The lowest BCUT2D eigenvalue weighted by atomic mass is 10.0. The second kappa shape index (κ2) is 9.87. The third-order valence-electron chi connectivity index (χ3n) is 5.40. The molecule has 1 N–H and O–H groups in total. The van der Waals surface area contributed by atoms with Gasteiger partial charge in [-0.15, -0.1) is 0 Å². The maximum Gasteiger partial charge on any atom is 0.264 e. The van der Waals surface area contributed by atoms with Crippen LogP contribution in [0.2, 0.25) is 0 Å². The number of ether oxygens (including phenoxy) is 1. The Morgan fingerprint density at radius 3 is 2.09 bits per heavy atom. The summed E-state index contributed by atoms with van der Waals surface area (Å²) in [6.07, 6.45) is 0.760. The molecule has 0 saturated heterocycles. The zero-order chi connectivity index (χ0) is 23.3. The normalized spacial score (nSPS) is 12.1. The van der Waals surface area contributed by atoms with Gasteiger partial charge in [0.1, 0.15) is 5.75 Å². The van der Waals surface area contributed by atoms with Gasteiger partial charge in [0.05, 0.1) is 23.7 Å². The van der Waals surface area contributed by atoms with Crippen LogP contribution in [-0.2, 0) is 10.0 Å². The summed E-state index contributed by atoms with van der Waals surface area (Å²) in [4.78, 5) is 12.9. The Balaban J connectivity index is 1.74. The molecule has 0 spiro atoms. The first-order valence-electron chi connectivity index (χ1n) is 10.4. The summed E-state index contributed by atoms with van der Waals surface area (Å²) in [7, 11) is -0.726. The number of benzene rings is 3. The van der Waals surface area contributed by atoms with Gasteiger partial charge in [-0.05, 0) is 67.4 Å². The molecule has 1 amide bonds. The molecule has 0 fully saturated rings. The van der Waals surface area contributed by atoms with Gasteiger partial charge < -0.3 is 10.1 Å². The molecule has 3 aromatic carbocycles. The molecule has 3 rings (SSSR count). The Morgan fingerprint density at radius 1 is 0.969 bits per heavy atom. The summed E-state index contributed by atoms with van der Waals surface area (Å²) in [6.45, 7) is 4.05. The molecule has 168 valence electrons. The minimum atomic E-state index is -3.74. The van der Waals surface area contributed by atoms with Crippen molar-refractivity contribution < 1.29 is 17.9 Å². The molecule has 1 atom stereocenters. The molecule has 32 heavy (non-hydrogen) atoms. The number of anilines is 1. The van der Waals surface area contributed by atoms with Crippen molar-refractivity contribution in [3.05, 3.63) is 89.5 Å². The minimum Gasteiger partial charge on any atom is -0.497 e. The number of hydrogen-bond donors (Lipinski definition) is 1. The van der Waals surface area contributed by atoms with Crippen molar-refractivity contribution in [2.45, 2.75) is 31.2 Å². The van der Waals surface area contributed by atoms with Crippen molar-refractivity contribution in [1.29, 1.82) is 0 Å². The monoisotopic (exact) mass is 452 g/mol. The molecule has 0 radical (unpaired) electrons. The van der Waals surface area contributed by atoms with Crippen molar-refractivity contribution in [3.63, 3.8) is 0 Å². The lowest BCUT2D eigenvalue weighted by molar-refractivity contribution is 0.0935. The first-order chi connectivity index (χ1) is 15.3. The summed E-state index contributed by atoms with van der Waals surface area (Å²) in [6, 6.07) is 20.7. The maximum atomic E-state index is 12.9. The predicted octanol–water partition coefficient (Wildman–Crippen LogP) is 4.71. The van der Waals surface area contributed by atoms with Gasteiger partial charge in [0.25, 0.3) is 15.9 Å². The number of nitrogens with zero attached hydrogens (tertiary/aromatic N) is 1.